The first-order valence-corrected chi connectivity index (χ1v) is 11.9. The molecule has 0 bridgehead atoms. The van der Waals surface area contributed by atoms with Crippen LogP contribution in [0.3, 0.4) is 0 Å². The zero-order valence-corrected chi connectivity index (χ0v) is 19.5. The molecular weight excluding hydrogens is 463 g/mol. The Labute approximate surface area is 206 Å². The van der Waals surface area contributed by atoms with Crippen LogP contribution in [-0.2, 0) is 13.1 Å². The summed E-state index contributed by atoms with van der Waals surface area (Å²) in [5, 5.41) is 11.3. The van der Waals surface area contributed by atoms with Crippen LogP contribution in [0, 0.1) is 0 Å². The number of carbonyl (C=O) groups is 1. The van der Waals surface area contributed by atoms with E-state index in [4.69, 9.17) is 4.74 Å². The number of aromatic nitrogens is 5. The lowest BCUT2D eigenvalue weighted by Gasteiger charge is -2.27. The van der Waals surface area contributed by atoms with Gasteiger partial charge in [-0.2, -0.15) is 5.10 Å². The number of rotatable bonds is 7. The number of carbonyl (C=O) groups excluding carboxylic acids is 1. The summed E-state index contributed by atoms with van der Waals surface area (Å²) in [5.74, 6) is 0.535. The molecule has 1 saturated heterocycles. The van der Waals surface area contributed by atoms with Crippen LogP contribution in [0.1, 0.15) is 16.1 Å². The van der Waals surface area contributed by atoms with Crippen LogP contribution in [0.5, 0.6) is 5.88 Å². The lowest BCUT2D eigenvalue weighted by Crippen LogP contribution is -2.50. The molecular formula is C25H25FN8O2. The Hall–Kier alpha value is -3.96. The minimum absolute atomic E-state index is 0.0769. The van der Waals surface area contributed by atoms with Crippen molar-refractivity contribution in [2.75, 3.05) is 38.2 Å². The van der Waals surface area contributed by atoms with Crippen molar-refractivity contribution in [3.05, 3.63) is 60.3 Å². The van der Waals surface area contributed by atoms with Gasteiger partial charge in [-0.3, -0.25) is 19.4 Å². The molecule has 0 aliphatic carbocycles. The third kappa shape index (κ3) is 4.50. The second-order valence-electron chi connectivity index (χ2n) is 8.91. The first kappa shape index (κ1) is 22.5. The summed E-state index contributed by atoms with van der Waals surface area (Å²) in [6.45, 7) is 3.75. The van der Waals surface area contributed by atoms with Crippen molar-refractivity contribution < 1.29 is 13.9 Å². The van der Waals surface area contributed by atoms with Crippen molar-refractivity contribution in [1.82, 2.24) is 34.9 Å². The Morgan fingerprint density at radius 3 is 2.89 bits per heavy atom. The van der Waals surface area contributed by atoms with Crippen molar-refractivity contribution in [1.29, 1.82) is 0 Å². The van der Waals surface area contributed by atoms with Gasteiger partial charge in [-0.05, 0) is 18.2 Å². The number of nitrogens with zero attached hydrogens (tertiary/aromatic N) is 6. The maximum absolute atomic E-state index is 12.9. The van der Waals surface area contributed by atoms with Crippen LogP contribution in [0.2, 0.25) is 0 Å². The molecule has 2 N–H and O–H groups in total. The van der Waals surface area contributed by atoms with Crippen LogP contribution in [-0.4, -0.2) is 74.5 Å². The highest BCUT2D eigenvalue weighted by atomic mass is 19.1. The molecule has 2 aliphatic heterocycles. The number of pyridine rings is 3. The summed E-state index contributed by atoms with van der Waals surface area (Å²) in [6.07, 6.45) is 6.90. The van der Waals surface area contributed by atoms with Crippen molar-refractivity contribution in [3.63, 3.8) is 0 Å². The monoisotopic (exact) mass is 488 g/mol. The number of nitrogens with one attached hydrogen (secondary N) is 2. The molecule has 0 aromatic carbocycles. The Morgan fingerprint density at radius 1 is 1.14 bits per heavy atom. The largest absolute Gasteiger partial charge is 0.472 e. The van der Waals surface area contributed by atoms with E-state index < -0.39 is 0 Å². The fourth-order valence-electron chi connectivity index (χ4n) is 4.42. The Balaban J connectivity index is 1.23. The van der Waals surface area contributed by atoms with Crippen molar-refractivity contribution in [3.8, 4) is 17.0 Å². The molecule has 0 spiro atoms. The number of amides is 1. The highest BCUT2D eigenvalue weighted by Gasteiger charge is 2.22. The second-order valence-corrected chi connectivity index (χ2v) is 8.91. The van der Waals surface area contributed by atoms with Gasteiger partial charge in [0.05, 0.1) is 30.1 Å². The van der Waals surface area contributed by atoms with E-state index in [0.29, 0.717) is 35.9 Å². The Bertz CT molecular complexity index is 1420. The minimum Gasteiger partial charge on any atom is -0.472 e. The van der Waals surface area contributed by atoms with Gasteiger partial charge in [-0.25, -0.2) is 14.4 Å². The van der Waals surface area contributed by atoms with Gasteiger partial charge in [0.1, 0.15) is 18.6 Å². The average Bonchev–Trinajstić information content (AvgIpc) is 3.29. The molecule has 4 aromatic rings. The fourth-order valence-corrected chi connectivity index (χ4v) is 4.42. The maximum atomic E-state index is 12.9. The molecule has 0 atom stereocenters. The summed E-state index contributed by atoms with van der Waals surface area (Å²) < 4.78 is 20.6. The van der Waals surface area contributed by atoms with Crippen LogP contribution < -0.4 is 15.4 Å². The SMILES string of the molecule is O=C(Nc1cc2cc(-c3cnn4c3CN(CCF)CC4)cnc2cn1)c1ccnc(OC2CNC2)c1. The van der Waals surface area contributed by atoms with Crippen molar-refractivity contribution >= 4 is 22.6 Å². The topological polar surface area (TPSA) is 110 Å². The fraction of sp³-hybridized carbons (Fsp3) is 0.320. The van der Waals surface area contributed by atoms with E-state index in [2.05, 4.69) is 35.6 Å². The van der Waals surface area contributed by atoms with Gasteiger partial charge in [-0.1, -0.05) is 0 Å². The lowest BCUT2D eigenvalue weighted by atomic mass is 10.1. The molecule has 184 valence electrons. The van der Waals surface area contributed by atoms with E-state index in [1.54, 1.807) is 36.8 Å². The molecule has 10 nitrogen and oxygen atoms in total. The molecule has 6 heterocycles. The quantitative estimate of drug-likeness (QED) is 0.408. The van der Waals surface area contributed by atoms with Crippen molar-refractivity contribution in [2.24, 2.45) is 0 Å². The third-order valence-corrected chi connectivity index (χ3v) is 6.50. The Morgan fingerprint density at radius 2 is 2.06 bits per heavy atom. The number of anilines is 1. The van der Waals surface area contributed by atoms with E-state index in [1.807, 2.05) is 16.9 Å². The predicted molar refractivity (Wildman–Crippen MR) is 131 cm³/mol. The summed E-state index contributed by atoms with van der Waals surface area (Å²) in [5.41, 5.74) is 4.08. The molecule has 0 saturated carbocycles. The number of fused-ring (bicyclic) bond motifs is 2. The van der Waals surface area contributed by atoms with Gasteiger partial charge >= 0.3 is 0 Å². The maximum Gasteiger partial charge on any atom is 0.257 e. The second kappa shape index (κ2) is 9.59. The van der Waals surface area contributed by atoms with Gasteiger partial charge in [0.25, 0.3) is 5.91 Å². The van der Waals surface area contributed by atoms with Crippen LogP contribution >= 0.6 is 0 Å². The highest BCUT2D eigenvalue weighted by Crippen LogP contribution is 2.29. The van der Waals surface area contributed by atoms with Crippen LogP contribution in [0.15, 0.2) is 49.1 Å². The molecule has 6 rings (SSSR count). The number of hydrogen-bond acceptors (Lipinski definition) is 8. The van der Waals surface area contributed by atoms with Crippen molar-refractivity contribution in [2.45, 2.75) is 19.2 Å². The van der Waals surface area contributed by atoms with E-state index in [9.17, 15) is 9.18 Å². The first-order valence-electron chi connectivity index (χ1n) is 11.9. The normalized spacial score (nSPS) is 15.9. The minimum atomic E-state index is -0.367. The zero-order chi connectivity index (χ0) is 24.5. The average molecular weight is 489 g/mol. The molecule has 11 heteroatoms. The third-order valence-electron chi connectivity index (χ3n) is 6.50. The molecule has 36 heavy (non-hydrogen) atoms. The molecule has 1 fully saturated rings. The molecule has 4 aromatic heterocycles. The highest BCUT2D eigenvalue weighted by molar-refractivity contribution is 6.04. The number of hydrogen-bond donors (Lipinski definition) is 2. The molecule has 0 unspecified atom stereocenters. The van der Waals surface area contributed by atoms with E-state index in [0.717, 1.165) is 48.4 Å². The standard InChI is InChI=1S/C25H25FN8O2/c26-2-4-33-5-6-34-22(15-33)20(13-31-34)18-7-17-8-23(30-14-21(17)29-10-18)32-25(35)16-1-3-28-24(9-16)36-19-11-27-12-19/h1,3,7-10,13-14,19,27H,2,4-6,11-12,15H2,(H,30,32,35). The summed E-state index contributed by atoms with van der Waals surface area (Å²) in [7, 11) is 0. The lowest BCUT2D eigenvalue weighted by molar-refractivity contribution is 0.102. The number of ether oxygens (including phenoxy) is 1. The summed E-state index contributed by atoms with van der Waals surface area (Å²) in [6, 6.07) is 7.07. The van der Waals surface area contributed by atoms with Gasteiger partial charge in [0.2, 0.25) is 5.88 Å². The van der Waals surface area contributed by atoms with Crippen LogP contribution in [0.4, 0.5) is 10.2 Å². The van der Waals surface area contributed by atoms with Gasteiger partial charge in [0, 0.05) is 73.3 Å². The van der Waals surface area contributed by atoms with E-state index in [-0.39, 0.29) is 18.7 Å². The van der Waals surface area contributed by atoms with Gasteiger partial charge < -0.3 is 15.4 Å². The summed E-state index contributed by atoms with van der Waals surface area (Å²) >= 11 is 0. The van der Waals surface area contributed by atoms with Crippen LogP contribution in [0.25, 0.3) is 22.0 Å². The molecule has 2 aliphatic rings. The number of alkyl halides is 1. The Kier molecular flexibility index (Phi) is 5.99. The van der Waals surface area contributed by atoms with E-state index in [1.165, 1.54) is 0 Å². The first-order chi connectivity index (χ1) is 17.7. The predicted octanol–water partition coefficient (Wildman–Crippen LogP) is 2.28. The number of halogens is 1. The summed E-state index contributed by atoms with van der Waals surface area (Å²) in [4.78, 5) is 28.0. The van der Waals surface area contributed by atoms with Gasteiger partial charge in [0.15, 0.2) is 0 Å². The van der Waals surface area contributed by atoms with E-state index >= 15 is 0 Å². The molecule has 1 amide bonds. The smallest absolute Gasteiger partial charge is 0.257 e. The zero-order valence-electron chi connectivity index (χ0n) is 19.5. The van der Waals surface area contributed by atoms with Gasteiger partial charge in [-0.15, -0.1) is 0 Å². The molecule has 0 radical (unpaired) electrons.